The van der Waals surface area contributed by atoms with Crippen molar-refractivity contribution in [1.82, 2.24) is 5.32 Å². The molecule has 112 valence electrons. The minimum atomic E-state index is -0.635. The van der Waals surface area contributed by atoms with Crippen LogP contribution in [-0.4, -0.2) is 13.7 Å². The van der Waals surface area contributed by atoms with Crippen molar-refractivity contribution in [2.24, 2.45) is 0 Å². The van der Waals surface area contributed by atoms with E-state index in [4.69, 9.17) is 16.3 Å². The molecule has 0 saturated heterocycles. The van der Waals surface area contributed by atoms with Gasteiger partial charge in [0.2, 0.25) is 0 Å². The van der Waals surface area contributed by atoms with E-state index in [0.717, 1.165) is 0 Å². The SMILES string of the molecule is CCNC(c1cc(Cl)ccc1F)c1cccc(OC)c1F. The zero-order valence-electron chi connectivity index (χ0n) is 11.8. The molecule has 2 aromatic rings. The molecule has 21 heavy (non-hydrogen) atoms. The summed E-state index contributed by atoms with van der Waals surface area (Å²) in [5.41, 5.74) is 0.619. The van der Waals surface area contributed by atoms with Gasteiger partial charge < -0.3 is 10.1 Å². The first-order valence-corrected chi connectivity index (χ1v) is 6.97. The first-order chi connectivity index (χ1) is 10.1. The highest BCUT2D eigenvalue weighted by Crippen LogP contribution is 2.31. The van der Waals surface area contributed by atoms with Crippen LogP contribution >= 0.6 is 11.6 Å². The second kappa shape index (κ2) is 6.87. The monoisotopic (exact) mass is 311 g/mol. The van der Waals surface area contributed by atoms with E-state index in [9.17, 15) is 8.78 Å². The second-order valence-corrected chi connectivity index (χ2v) is 4.96. The van der Waals surface area contributed by atoms with E-state index in [-0.39, 0.29) is 5.75 Å². The summed E-state index contributed by atoms with van der Waals surface area (Å²) in [6.07, 6.45) is 0. The maximum absolute atomic E-state index is 14.4. The van der Waals surface area contributed by atoms with Crippen molar-refractivity contribution in [3.63, 3.8) is 0 Å². The average Bonchev–Trinajstić information content (AvgIpc) is 2.48. The van der Waals surface area contributed by atoms with Crippen molar-refractivity contribution < 1.29 is 13.5 Å². The normalized spacial score (nSPS) is 12.2. The number of ether oxygens (including phenoxy) is 1. The molecule has 0 aromatic heterocycles. The van der Waals surface area contributed by atoms with Crippen LogP contribution in [0.3, 0.4) is 0 Å². The lowest BCUT2D eigenvalue weighted by molar-refractivity contribution is 0.381. The lowest BCUT2D eigenvalue weighted by Crippen LogP contribution is -2.24. The zero-order valence-corrected chi connectivity index (χ0v) is 12.5. The Morgan fingerprint density at radius 3 is 2.62 bits per heavy atom. The number of methoxy groups -OCH3 is 1. The third-order valence-electron chi connectivity index (χ3n) is 3.20. The van der Waals surface area contributed by atoms with Crippen LogP contribution in [0.5, 0.6) is 5.75 Å². The van der Waals surface area contributed by atoms with Crippen molar-refractivity contribution in [2.75, 3.05) is 13.7 Å². The van der Waals surface area contributed by atoms with Crippen LogP contribution in [0.2, 0.25) is 5.02 Å². The van der Waals surface area contributed by atoms with Crippen LogP contribution in [0.15, 0.2) is 36.4 Å². The molecular formula is C16H16ClF2NO. The summed E-state index contributed by atoms with van der Waals surface area (Å²) in [7, 11) is 1.39. The summed E-state index contributed by atoms with van der Waals surface area (Å²) in [6.45, 7) is 2.42. The summed E-state index contributed by atoms with van der Waals surface area (Å²) in [5, 5.41) is 3.48. The van der Waals surface area contributed by atoms with Crippen molar-refractivity contribution >= 4 is 11.6 Å². The van der Waals surface area contributed by atoms with Gasteiger partial charge in [0.05, 0.1) is 13.2 Å². The Balaban J connectivity index is 2.56. The maximum Gasteiger partial charge on any atom is 0.170 e. The molecule has 1 unspecified atom stereocenters. The van der Waals surface area contributed by atoms with E-state index in [1.807, 2.05) is 6.92 Å². The van der Waals surface area contributed by atoms with Gasteiger partial charge in [-0.1, -0.05) is 30.7 Å². The van der Waals surface area contributed by atoms with E-state index < -0.39 is 17.7 Å². The summed E-state index contributed by atoms with van der Waals surface area (Å²) >= 11 is 5.93. The molecule has 2 rings (SSSR count). The molecule has 0 heterocycles. The van der Waals surface area contributed by atoms with E-state index >= 15 is 0 Å². The van der Waals surface area contributed by atoms with Gasteiger partial charge in [-0.15, -0.1) is 0 Å². The fraction of sp³-hybridized carbons (Fsp3) is 0.250. The van der Waals surface area contributed by atoms with Gasteiger partial charge in [-0.25, -0.2) is 8.78 Å². The molecule has 0 spiro atoms. The van der Waals surface area contributed by atoms with E-state index in [2.05, 4.69) is 5.32 Å². The predicted molar refractivity (Wildman–Crippen MR) is 79.9 cm³/mol. The van der Waals surface area contributed by atoms with Crippen LogP contribution in [0, 0.1) is 11.6 Å². The molecule has 2 aromatic carbocycles. The Labute approximate surface area is 127 Å². The number of nitrogens with one attached hydrogen (secondary N) is 1. The third kappa shape index (κ3) is 3.34. The quantitative estimate of drug-likeness (QED) is 0.887. The van der Waals surface area contributed by atoms with E-state index in [1.54, 1.807) is 12.1 Å². The molecule has 1 N–H and O–H groups in total. The van der Waals surface area contributed by atoms with Crippen LogP contribution in [0.25, 0.3) is 0 Å². The molecule has 5 heteroatoms. The largest absolute Gasteiger partial charge is 0.494 e. The minimum absolute atomic E-state index is 0.123. The Bertz CT molecular complexity index is 634. The summed E-state index contributed by atoms with van der Waals surface area (Å²) in [6, 6.07) is 8.41. The highest BCUT2D eigenvalue weighted by atomic mass is 35.5. The molecule has 0 bridgehead atoms. The van der Waals surface area contributed by atoms with Crippen LogP contribution in [0.1, 0.15) is 24.1 Å². The van der Waals surface area contributed by atoms with Crippen molar-refractivity contribution in [3.05, 3.63) is 64.2 Å². The van der Waals surface area contributed by atoms with Gasteiger partial charge >= 0.3 is 0 Å². The first kappa shape index (κ1) is 15.7. The summed E-state index contributed by atoms with van der Waals surface area (Å²) in [5.74, 6) is -0.823. The molecule has 0 fully saturated rings. The van der Waals surface area contributed by atoms with Crippen molar-refractivity contribution in [2.45, 2.75) is 13.0 Å². The smallest absolute Gasteiger partial charge is 0.170 e. The lowest BCUT2D eigenvalue weighted by atomic mass is 9.97. The van der Waals surface area contributed by atoms with Gasteiger partial charge in [-0.3, -0.25) is 0 Å². The molecule has 0 aliphatic rings. The number of benzene rings is 2. The van der Waals surface area contributed by atoms with Crippen molar-refractivity contribution in [3.8, 4) is 5.75 Å². The first-order valence-electron chi connectivity index (χ1n) is 6.59. The average molecular weight is 312 g/mol. The molecule has 0 aliphatic carbocycles. The molecule has 0 amide bonds. The van der Waals surface area contributed by atoms with Crippen LogP contribution < -0.4 is 10.1 Å². The lowest BCUT2D eigenvalue weighted by Gasteiger charge is -2.21. The van der Waals surface area contributed by atoms with Gasteiger partial charge in [0.15, 0.2) is 11.6 Å². The van der Waals surface area contributed by atoms with Gasteiger partial charge in [0, 0.05) is 16.1 Å². The van der Waals surface area contributed by atoms with E-state index in [1.165, 1.54) is 31.4 Å². The highest BCUT2D eigenvalue weighted by Gasteiger charge is 2.22. The zero-order chi connectivity index (χ0) is 15.4. The molecule has 0 aliphatic heterocycles. The van der Waals surface area contributed by atoms with Gasteiger partial charge in [0.25, 0.3) is 0 Å². The minimum Gasteiger partial charge on any atom is -0.494 e. The Kier molecular flexibility index (Phi) is 5.15. The van der Waals surface area contributed by atoms with E-state index in [0.29, 0.717) is 22.7 Å². The number of hydrogen-bond donors (Lipinski definition) is 1. The van der Waals surface area contributed by atoms with Crippen LogP contribution in [0.4, 0.5) is 8.78 Å². The Morgan fingerprint density at radius 1 is 1.19 bits per heavy atom. The fourth-order valence-electron chi connectivity index (χ4n) is 2.24. The van der Waals surface area contributed by atoms with Crippen LogP contribution in [-0.2, 0) is 0 Å². The predicted octanol–water partition coefficient (Wildman–Crippen LogP) is 4.33. The van der Waals surface area contributed by atoms with Gasteiger partial charge in [-0.05, 0) is 30.8 Å². The van der Waals surface area contributed by atoms with Crippen molar-refractivity contribution in [1.29, 1.82) is 0 Å². The fourth-order valence-corrected chi connectivity index (χ4v) is 2.42. The third-order valence-corrected chi connectivity index (χ3v) is 3.44. The number of rotatable bonds is 5. The highest BCUT2D eigenvalue weighted by molar-refractivity contribution is 6.30. The Morgan fingerprint density at radius 2 is 1.95 bits per heavy atom. The number of halogens is 3. The van der Waals surface area contributed by atoms with Gasteiger partial charge in [-0.2, -0.15) is 0 Å². The Hall–Kier alpha value is -1.65. The molecule has 2 nitrogen and oxygen atoms in total. The molecular weight excluding hydrogens is 296 g/mol. The molecule has 1 atom stereocenters. The number of hydrogen-bond acceptors (Lipinski definition) is 2. The molecule has 0 radical (unpaired) electrons. The summed E-state index contributed by atoms with van der Waals surface area (Å²) in [4.78, 5) is 0. The second-order valence-electron chi connectivity index (χ2n) is 4.52. The summed E-state index contributed by atoms with van der Waals surface area (Å²) < 4.78 is 33.5. The molecule has 0 saturated carbocycles. The topological polar surface area (TPSA) is 21.3 Å². The maximum atomic E-state index is 14.4. The van der Waals surface area contributed by atoms with Gasteiger partial charge in [0.1, 0.15) is 5.82 Å². The standard InChI is InChI=1S/C16H16ClF2NO/c1-3-20-16(12-9-10(17)7-8-13(12)18)11-5-4-6-14(21-2)15(11)19/h4-9,16,20H,3H2,1-2H3.